The third-order valence-corrected chi connectivity index (χ3v) is 0.694. The van der Waals surface area contributed by atoms with E-state index < -0.39 is 30.8 Å². The molecule has 0 fully saturated rings. The van der Waals surface area contributed by atoms with Crippen LogP contribution in [0.3, 0.4) is 0 Å². The van der Waals surface area contributed by atoms with E-state index >= 15 is 0 Å². The quantitative estimate of drug-likeness (QED) is 0.659. The zero-order valence-electron chi connectivity index (χ0n) is 12.9. The Morgan fingerprint density at radius 2 is 2.45 bits per heavy atom. The van der Waals surface area contributed by atoms with Gasteiger partial charge in [0, 0.05) is 17.4 Å². The number of hydrogen-bond acceptors (Lipinski definition) is 3. The van der Waals surface area contributed by atoms with Crippen LogP contribution in [-0.2, 0) is 4.79 Å². The highest BCUT2D eigenvalue weighted by atomic mass is 16.4. The summed E-state index contributed by atoms with van der Waals surface area (Å²) in [6.07, 6.45) is -3.70. The standard InChI is InChI=1S/C8H17NO2/c1-8(2,3)9-6-4-5-7(10)11/h9H,4-6H2,1-3H3,(H,10,11)/i4D,5D,6D2/hD2. The van der Waals surface area contributed by atoms with Crippen LogP contribution < -0.4 is 5.31 Å². The Kier molecular flexibility index (Phi) is 1.54. The molecule has 0 spiro atoms. The summed E-state index contributed by atoms with van der Waals surface area (Å²) >= 11 is 0. The summed E-state index contributed by atoms with van der Waals surface area (Å²) in [5, 5.41) is 4.09. The Morgan fingerprint density at radius 3 is 2.91 bits per heavy atom. The van der Waals surface area contributed by atoms with Crippen molar-refractivity contribution in [3.8, 4) is 0 Å². The van der Waals surface area contributed by atoms with E-state index in [0.717, 1.165) is 0 Å². The summed E-state index contributed by atoms with van der Waals surface area (Å²) in [5.41, 5.74) is -0.882. The highest BCUT2D eigenvalue weighted by Gasteiger charge is 2.07. The molecular formula is C8H17NO2. The van der Waals surface area contributed by atoms with Gasteiger partial charge in [-0.15, -0.1) is 0 Å². The molecule has 2 atom stereocenters. The Balaban J connectivity index is 4.99. The van der Waals surface area contributed by atoms with Gasteiger partial charge in [-0.05, 0) is 33.7 Å². The first-order valence-electron chi connectivity index (χ1n) is 6.28. The second-order valence-corrected chi connectivity index (χ2v) is 3.06. The van der Waals surface area contributed by atoms with Gasteiger partial charge in [-0.25, -0.2) is 0 Å². The molecular weight excluding hydrogens is 142 g/mol. The second-order valence-electron chi connectivity index (χ2n) is 3.06. The third-order valence-electron chi connectivity index (χ3n) is 0.694. The first kappa shape index (κ1) is 3.90. The molecule has 0 amide bonds. The lowest BCUT2D eigenvalue weighted by Gasteiger charge is -2.19. The lowest BCUT2D eigenvalue weighted by atomic mass is 10.1. The van der Waals surface area contributed by atoms with Crippen LogP contribution in [0.2, 0.25) is 1.41 Å². The van der Waals surface area contributed by atoms with E-state index in [0.29, 0.717) is 5.31 Å². The van der Waals surface area contributed by atoms with Gasteiger partial charge in [0.25, 0.3) is 1.43 Å². The van der Waals surface area contributed by atoms with E-state index in [1.165, 1.54) is 0 Å². The van der Waals surface area contributed by atoms with E-state index in [-0.39, 0.29) is 0 Å². The molecule has 11 heavy (non-hydrogen) atoms. The second kappa shape index (κ2) is 4.34. The molecule has 0 aromatic carbocycles. The van der Waals surface area contributed by atoms with Gasteiger partial charge in [0.05, 0.1) is 0 Å². The topological polar surface area (TPSA) is 49.3 Å². The molecule has 2 unspecified atom stereocenters. The molecule has 0 saturated carbocycles. The minimum Gasteiger partial charge on any atom is -0.481 e. The normalized spacial score (nSPS) is 26.5. The molecule has 2 N–H and O–H groups in total. The highest BCUT2D eigenvalue weighted by Crippen LogP contribution is 1.98. The lowest BCUT2D eigenvalue weighted by molar-refractivity contribution is -0.137. The summed E-state index contributed by atoms with van der Waals surface area (Å²) in [6.45, 7) is 2.23. The Hall–Kier alpha value is -0.570. The van der Waals surface area contributed by atoms with Gasteiger partial charge in [-0.1, -0.05) is 0 Å². The van der Waals surface area contributed by atoms with Crippen molar-refractivity contribution >= 4 is 5.97 Å². The molecule has 0 bridgehead atoms. The van der Waals surface area contributed by atoms with Crippen LogP contribution in [0.15, 0.2) is 0 Å². The number of carbonyl (C=O) groups is 1. The Labute approximate surface area is 76.4 Å². The molecule has 66 valence electrons. The van der Waals surface area contributed by atoms with Crippen molar-refractivity contribution in [2.75, 3.05) is 6.50 Å². The fourth-order valence-corrected chi connectivity index (χ4v) is 0.336. The molecule has 0 radical (unpaired) electrons. The van der Waals surface area contributed by atoms with Gasteiger partial charge in [0.15, 0.2) is 0 Å². The van der Waals surface area contributed by atoms with E-state index in [2.05, 4.69) is 5.11 Å². The first-order valence-corrected chi connectivity index (χ1v) is 3.27. The SMILES string of the molecule is [2H]OC(=O)C([2H])C([2H])C([2H])([2H])N([2H])C(C)(C)C. The van der Waals surface area contributed by atoms with Crippen molar-refractivity contribution in [3.63, 3.8) is 0 Å². The van der Waals surface area contributed by atoms with Crippen LogP contribution in [0.5, 0.6) is 0 Å². The monoisotopic (exact) mass is 165 g/mol. The molecule has 0 aromatic heterocycles. The molecule has 3 nitrogen and oxygen atoms in total. The fourth-order valence-electron chi connectivity index (χ4n) is 0.336. The summed E-state index contributed by atoms with van der Waals surface area (Å²) in [4.78, 5) is 10.9. The molecule has 3 heteroatoms. The lowest BCUT2D eigenvalue weighted by Crippen LogP contribution is -2.36. The zero-order chi connectivity index (χ0) is 14.0. The van der Waals surface area contributed by atoms with Crippen molar-refractivity contribution in [1.29, 1.82) is 1.43 Å². The summed E-state index contributed by atoms with van der Waals surface area (Å²) in [7, 11) is 0. The maximum atomic E-state index is 10.9. The van der Waals surface area contributed by atoms with Gasteiger partial charge < -0.3 is 10.4 Å². The number of nitrogens with one attached hydrogen (secondary N) is 1. The summed E-state index contributed by atoms with van der Waals surface area (Å²) < 4.78 is 44.0. The average Bonchev–Trinajstić information content (AvgIpc) is 2.23. The van der Waals surface area contributed by atoms with Crippen molar-refractivity contribution in [2.24, 2.45) is 0 Å². The van der Waals surface area contributed by atoms with E-state index in [1.807, 2.05) is 0 Å². The van der Waals surface area contributed by atoms with Gasteiger partial charge in [-0.3, -0.25) is 4.79 Å². The first-order chi connectivity index (χ1) is 7.46. The molecule has 0 rings (SSSR count). The number of hydrogen-bond donors (Lipinski definition) is 2. The maximum absolute atomic E-state index is 10.9. The largest absolute Gasteiger partial charge is 0.481 e. The number of rotatable bonds is 4. The highest BCUT2D eigenvalue weighted by molar-refractivity contribution is 5.66. The zero-order valence-corrected chi connectivity index (χ0v) is 6.92. The van der Waals surface area contributed by atoms with Gasteiger partial charge >= 0.3 is 5.97 Å². The molecule has 0 aromatic rings. The Morgan fingerprint density at radius 1 is 1.82 bits per heavy atom. The smallest absolute Gasteiger partial charge is 0.303 e. The van der Waals surface area contributed by atoms with Crippen molar-refractivity contribution in [2.45, 2.75) is 39.1 Å². The Bertz CT molecular complexity index is 280. The van der Waals surface area contributed by atoms with Gasteiger partial charge in [0.2, 0.25) is 0 Å². The molecule has 0 aliphatic rings. The summed E-state index contributed by atoms with van der Waals surface area (Å²) in [6, 6.07) is 0. The third kappa shape index (κ3) is 9.43. The molecule has 0 aliphatic carbocycles. The number of aliphatic carboxylic acids is 1. The van der Waals surface area contributed by atoms with Gasteiger partial charge in [0.1, 0.15) is 1.41 Å². The van der Waals surface area contributed by atoms with Crippen molar-refractivity contribution < 1.29 is 16.8 Å². The van der Waals surface area contributed by atoms with Crippen molar-refractivity contribution in [1.82, 2.24) is 5.31 Å². The predicted molar refractivity (Wildman–Crippen MR) is 44.6 cm³/mol. The van der Waals surface area contributed by atoms with Crippen molar-refractivity contribution in [3.05, 3.63) is 0 Å². The molecule has 0 aliphatic heterocycles. The summed E-state index contributed by atoms with van der Waals surface area (Å²) in [5.74, 6) is -1.31. The van der Waals surface area contributed by atoms with E-state index in [9.17, 15) is 4.79 Å². The predicted octanol–water partition coefficient (Wildman–Crippen LogP) is 1.24. The van der Waals surface area contributed by atoms with Crippen LogP contribution in [0.4, 0.5) is 0 Å². The average molecular weight is 165 g/mol. The van der Waals surface area contributed by atoms with Crippen LogP contribution in [0.1, 0.15) is 39.0 Å². The minimum absolute atomic E-state index is 0.538. The van der Waals surface area contributed by atoms with Crippen LogP contribution >= 0.6 is 0 Å². The molecule has 0 heterocycles. The van der Waals surface area contributed by atoms with Crippen LogP contribution in [-0.4, -0.2) is 23.1 Å². The van der Waals surface area contributed by atoms with Gasteiger partial charge in [-0.2, -0.15) is 0 Å². The van der Waals surface area contributed by atoms with E-state index in [4.69, 9.17) is 8.33 Å². The maximum Gasteiger partial charge on any atom is 0.303 e. The van der Waals surface area contributed by atoms with Crippen LogP contribution in [0, 0.1) is 0 Å². The van der Waals surface area contributed by atoms with Crippen LogP contribution in [0.25, 0.3) is 1.43 Å². The molecule has 0 saturated heterocycles. The fraction of sp³-hybridized carbons (Fsp3) is 0.875. The number of carboxylic acids is 1. The minimum atomic E-state index is -2.50. The number of carboxylic acid groups (broad SMARTS) is 1. The van der Waals surface area contributed by atoms with E-state index in [1.54, 1.807) is 20.8 Å².